The van der Waals surface area contributed by atoms with Gasteiger partial charge in [-0.3, -0.25) is 4.68 Å². The first-order chi connectivity index (χ1) is 9.31. The summed E-state index contributed by atoms with van der Waals surface area (Å²) in [6, 6.07) is 9.32. The zero-order valence-corrected chi connectivity index (χ0v) is 10.6. The predicted molar refractivity (Wildman–Crippen MR) is 67.8 cm³/mol. The minimum Gasteiger partial charge on any atom is -0.497 e. The fraction of sp³-hybridized carbons (Fsp3) is 0.308. The zero-order valence-electron chi connectivity index (χ0n) is 10.6. The molecule has 0 N–H and O–H groups in total. The van der Waals surface area contributed by atoms with Crippen molar-refractivity contribution in [1.29, 1.82) is 5.26 Å². The molecule has 1 aromatic carbocycles. The Bertz CT molecular complexity index is 557. The third-order valence-corrected chi connectivity index (χ3v) is 2.50. The molecule has 0 unspecified atom stereocenters. The smallest absolute Gasteiger partial charge is 0.252 e. The second kappa shape index (κ2) is 6.40. The first-order valence-electron chi connectivity index (χ1n) is 5.88. The van der Waals surface area contributed by atoms with Gasteiger partial charge in [-0.15, -0.1) is 5.10 Å². The number of hydrogen-bond acceptors (Lipinski definition) is 5. The molecule has 0 bridgehead atoms. The summed E-state index contributed by atoms with van der Waals surface area (Å²) >= 11 is 0. The molecule has 2 aromatic rings. The number of methoxy groups -OCH3 is 1. The summed E-state index contributed by atoms with van der Waals surface area (Å²) in [7, 11) is 1.63. The quantitative estimate of drug-likeness (QED) is 0.736. The number of aromatic nitrogens is 3. The Hall–Kier alpha value is -2.55. The van der Waals surface area contributed by atoms with Gasteiger partial charge in [0.15, 0.2) is 0 Å². The van der Waals surface area contributed by atoms with E-state index in [4.69, 9.17) is 14.7 Å². The van der Waals surface area contributed by atoms with Crippen LogP contribution in [0.2, 0.25) is 0 Å². The maximum absolute atomic E-state index is 8.59. The van der Waals surface area contributed by atoms with Gasteiger partial charge in [0.1, 0.15) is 23.9 Å². The summed E-state index contributed by atoms with van der Waals surface area (Å²) in [5.74, 6) is 1.80. The fourth-order valence-corrected chi connectivity index (χ4v) is 1.54. The van der Waals surface area contributed by atoms with Crippen LogP contribution >= 0.6 is 0 Å². The third-order valence-electron chi connectivity index (χ3n) is 2.50. The van der Waals surface area contributed by atoms with E-state index in [0.29, 0.717) is 13.2 Å². The van der Waals surface area contributed by atoms with Crippen molar-refractivity contribution in [3.8, 4) is 17.6 Å². The van der Waals surface area contributed by atoms with Crippen LogP contribution in [-0.4, -0.2) is 28.5 Å². The van der Waals surface area contributed by atoms with E-state index in [1.54, 1.807) is 18.1 Å². The van der Waals surface area contributed by atoms with E-state index in [2.05, 4.69) is 10.1 Å². The van der Waals surface area contributed by atoms with Crippen LogP contribution in [0.5, 0.6) is 11.5 Å². The van der Waals surface area contributed by atoms with Crippen LogP contribution in [0.3, 0.4) is 0 Å². The van der Waals surface area contributed by atoms with Crippen molar-refractivity contribution in [3.05, 3.63) is 36.4 Å². The number of nitriles is 1. The molecule has 1 aromatic heterocycles. The molecule has 6 nitrogen and oxygen atoms in total. The maximum atomic E-state index is 8.59. The molecule has 0 fully saturated rings. The molecule has 0 atom stereocenters. The van der Waals surface area contributed by atoms with Crippen LogP contribution in [0.15, 0.2) is 30.6 Å². The second-order valence-electron chi connectivity index (χ2n) is 3.82. The van der Waals surface area contributed by atoms with Crippen molar-refractivity contribution in [1.82, 2.24) is 14.8 Å². The molecule has 2 rings (SSSR count). The van der Waals surface area contributed by atoms with Crippen molar-refractivity contribution in [2.45, 2.75) is 13.0 Å². The van der Waals surface area contributed by atoms with Crippen molar-refractivity contribution >= 4 is 0 Å². The number of rotatable bonds is 6. The van der Waals surface area contributed by atoms with Crippen LogP contribution in [0.4, 0.5) is 0 Å². The van der Waals surface area contributed by atoms with Gasteiger partial charge in [0, 0.05) is 13.0 Å². The summed E-state index contributed by atoms with van der Waals surface area (Å²) in [6.45, 7) is 1.25. The number of hydrogen-bond donors (Lipinski definition) is 0. The molecule has 0 spiro atoms. The van der Waals surface area contributed by atoms with Crippen LogP contribution < -0.4 is 9.47 Å². The fourth-order valence-electron chi connectivity index (χ4n) is 1.54. The van der Waals surface area contributed by atoms with Gasteiger partial charge in [-0.05, 0) is 24.3 Å². The average Bonchev–Trinajstić information content (AvgIpc) is 2.92. The SMILES string of the molecule is COc1ccc(OCCCn2cnc(C#N)n2)cc1. The van der Waals surface area contributed by atoms with Gasteiger partial charge in [-0.25, -0.2) is 4.98 Å². The normalized spacial score (nSPS) is 9.89. The van der Waals surface area contributed by atoms with E-state index >= 15 is 0 Å². The molecule has 6 heteroatoms. The molecule has 0 radical (unpaired) electrons. The molecule has 1 heterocycles. The first kappa shape index (κ1) is 12.9. The number of ether oxygens (including phenoxy) is 2. The maximum Gasteiger partial charge on any atom is 0.252 e. The summed E-state index contributed by atoms with van der Waals surface area (Å²) in [6.07, 6.45) is 2.34. The molecule has 0 aliphatic heterocycles. The van der Waals surface area contributed by atoms with Crippen molar-refractivity contribution in [2.75, 3.05) is 13.7 Å². The highest BCUT2D eigenvalue weighted by atomic mass is 16.5. The van der Waals surface area contributed by atoms with E-state index in [-0.39, 0.29) is 5.82 Å². The van der Waals surface area contributed by atoms with Crippen molar-refractivity contribution in [3.63, 3.8) is 0 Å². The highest BCUT2D eigenvalue weighted by Gasteiger charge is 1.99. The third kappa shape index (κ3) is 3.71. The molecular weight excluding hydrogens is 244 g/mol. The van der Waals surface area contributed by atoms with Crippen molar-refractivity contribution in [2.24, 2.45) is 0 Å². The van der Waals surface area contributed by atoms with Gasteiger partial charge in [-0.2, -0.15) is 5.26 Å². The van der Waals surface area contributed by atoms with Crippen LogP contribution in [0, 0.1) is 11.3 Å². The predicted octanol–water partition coefficient (Wildman–Crippen LogP) is 1.63. The number of nitrogens with zero attached hydrogens (tertiary/aromatic N) is 4. The van der Waals surface area contributed by atoms with Crippen LogP contribution in [0.25, 0.3) is 0 Å². The lowest BCUT2D eigenvalue weighted by Gasteiger charge is -2.06. The van der Waals surface area contributed by atoms with E-state index in [1.165, 1.54) is 0 Å². The molecular formula is C13H14N4O2. The minimum atomic E-state index is 0.191. The molecule has 0 saturated heterocycles. The molecule has 0 amide bonds. The molecule has 0 aliphatic rings. The minimum absolute atomic E-state index is 0.191. The van der Waals surface area contributed by atoms with Gasteiger partial charge in [0.25, 0.3) is 5.82 Å². The number of aryl methyl sites for hydroxylation is 1. The van der Waals surface area contributed by atoms with E-state index in [0.717, 1.165) is 17.9 Å². The molecule has 0 aliphatic carbocycles. The summed E-state index contributed by atoms with van der Waals surface area (Å²) < 4.78 is 12.3. The zero-order chi connectivity index (χ0) is 13.5. The van der Waals surface area contributed by atoms with Crippen LogP contribution in [0.1, 0.15) is 12.2 Å². The Morgan fingerprint density at radius 2 is 2.00 bits per heavy atom. The molecule has 0 saturated carbocycles. The highest BCUT2D eigenvalue weighted by molar-refractivity contribution is 5.31. The Morgan fingerprint density at radius 1 is 1.26 bits per heavy atom. The highest BCUT2D eigenvalue weighted by Crippen LogP contribution is 2.16. The van der Waals surface area contributed by atoms with Gasteiger partial charge >= 0.3 is 0 Å². The molecule has 98 valence electrons. The van der Waals surface area contributed by atoms with Crippen molar-refractivity contribution < 1.29 is 9.47 Å². The Morgan fingerprint density at radius 3 is 2.63 bits per heavy atom. The molecule has 19 heavy (non-hydrogen) atoms. The van der Waals surface area contributed by atoms with E-state index in [1.807, 2.05) is 30.3 Å². The number of benzene rings is 1. The van der Waals surface area contributed by atoms with Crippen LogP contribution in [-0.2, 0) is 6.54 Å². The Kier molecular flexibility index (Phi) is 4.34. The second-order valence-corrected chi connectivity index (χ2v) is 3.82. The average molecular weight is 258 g/mol. The van der Waals surface area contributed by atoms with E-state index < -0.39 is 0 Å². The van der Waals surface area contributed by atoms with Gasteiger partial charge < -0.3 is 9.47 Å². The monoisotopic (exact) mass is 258 g/mol. The lowest BCUT2D eigenvalue weighted by Crippen LogP contribution is -2.05. The lowest BCUT2D eigenvalue weighted by molar-refractivity contribution is 0.298. The topological polar surface area (TPSA) is 73.0 Å². The lowest BCUT2D eigenvalue weighted by atomic mass is 10.3. The summed E-state index contributed by atoms with van der Waals surface area (Å²) in [5.41, 5.74) is 0. The van der Waals surface area contributed by atoms with E-state index in [9.17, 15) is 0 Å². The van der Waals surface area contributed by atoms with Gasteiger partial charge in [0.2, 0.25) is 0 Å². The standard InChI is InChI=1S/C13H14N4O2/c1-18-11-3-5-12(6-4-11)19-8-2-7-17-10-15-13(9-14)16-17/h3-6,10H,2,7-8H2,1H3. The van der Waals surface area contributed by atoms with Gasteiger partial charge in [-0.1, -0.05) is 0 Å². The van der Waals surface area contributed by atoms with Gasteiger partial charge in [0.05, 0.1) is 13.7 Å². The Balaban J connectivity index is 1.72. The summed E-state index contributed by atoms with van der Waals surface area (Å²) in [5, 5.41) is 12.6. The Labute approximate surface area is 111 Å². The first-order valence-corrected chi connectivity index (χ1v) is 5.88. The summed E-state index contributed by atoms with van der Waals surface area (Å²) in [4.78, 5) is 3.83. The largest absolute Gasteiger partial charge is 0.497 e.